The summed E-state index contributed by atoms with van der Waals surface area (Å²) in [5, 5.41) is 3.88. The number of likely N-dealkylation sites (N-methyl/N-ethyl adjacent to an activating group) is 1. The molecule has 224 valence electrons. The van der Waals surface area contributed by atoms with Gasteiger partial charge in [0.15, 0.2) is 0 Å². The Morgan fingerprint density at radius 3 is 2.21 bits per heavy atom. The third-order valence-corrected chi connectivity index (χ3v) is 10.2. The van der Waals surface area contributed by atoms with Gasteiger partial charge in [0.1, 0.15) is 6.04 Å². The molecule has 0 radical (unpaired) electrons. The summed E-state index contributed by atoms with van der Waals surface area (Å²) in [5.41, 5.74) is 2.48. The maximum Gasteiger partial charge on any atom is 0.243 e. The first-order chi connectivity index (χ1) is 20.0. The molecule has 0 bridgehead atoms. The molecule has 1 fully saturated rings. The highest BCUT2D eigenvalue weighted by atomic mass is 35.5. The van der Waals surface area contributed by atoms with Crippen LogP contribution in [0.2, 0.25) is 10.0 Å². The van der Waals surface area contributed by atoms with Gasteiger partial charge >= 0.3 is 0 Å². The minimum atomic E-state index is -3.95. The van der Waals surface area contributed by atoms with Crippen molar-refractivity contribution in [2.45, 2.75) is 69.0 Å². The molecule has 0 saturated heterocycles. The van der Waals surface area contributed by atoms with Crippen molar-refractivity contribution in [1.82, 2.24) is 14.5 Å². The summed E-state index contributed by atoms with van der Waals surface area (Å²) in [7, 11) is -2.58. The zero-order valence-electron chi connectivity index (χ0n) is 23.9. The summed E-state index contributed by atoms with van der Waals surface area (Å²) < 4.78 is 27.7. The number of sulfonamides is 1. The Kier molecular flexibility index (Phi) is 11.1. The average Bonchev–Trinajstić information content (AvgIpc) is 2.98. The number of hydrogen-bond donors (Lipinski definition) is 1. The summed E-state index contributed by atoms with van der Waals surface area (Å²) in [6.45, 7) is 1.47. The first-order valence-electron chi connectivity index (χ1n) is 14.2. The Morgan fingerprint density at radius 2 is 1.57 bits per heavy atom. The number of nitrogens with one attached hydrogen (secondary N) is 1. The van der Waals surface area contributed by atoms with E-state index in [-0.39, 0.29) is 29.8 Å². The number of carbonyl (C=O) groups excluding carboxylic acids is 2. The lowest BCUT2D eigenvalue weighted by Crippen LogP contribution is -2.54. The molecule has 2 amide bonds. The van der Waals surface area contributed by atoms with Crippen LogP contribution in [0.15, 0.2) is 77.7 Å². The van der Waals surface area contributed by atoms with Crippen LogP contribution in [0.4, 0.5) is 0 Å². The van der Waals surface area contributed by atoms with Crippen molar-refractivity contribution in [1.29, 1.82) is 0 Å². The molecule has 1 atom stereocenters. The second-order valence-electron chi connectivity index (χ2n) is 10.9. The maximum absolute atomic E-state index is 14.1. The monoisotopic (exact) mass is 629 g/mol. The van der Waals surface area contributed by atoms with E-state index in [0.717, 1.165) is 47.5 Å². The lowest BCUT2D eigenvalue weighted by molar-refractivity contribution is -0.141. The molecule has 42 heavy (non-hydrogen) atoms. The summed E-state index contributed by atoms with van der Waals surface area (Å²) in [4.78, 5) is 29.5. The van der Waals surface area contributed by atoms with Gasteiger partial charge in [-0.25, -0.2) is 8.42 Å². The van der Waals surface area contributed by atoms with Gasteiger partial charge in [-0.3, -0.25) is 9.59 Å². The minimum Gasteiger partial charge on any atom is -0.352 e. The number of benzene rings is 3. The highest BCUT2D eigenvalue weighted by Crippen LogP contribution is 2.25. The van der Waals surface area contributed by atoms with Gasteiger partial charge in [0.25, 0.3) is 0 Å². The summed E-state index contributed by atoms with van der Waals surface area (Å²) >= 11 is 12.4. The molecular weight excluding hydrogens is 593 g/mol. The molecule has 0 spiro atoms. The van der Waals surface area contributed by atoms with Crippen molar-refractivity contribution in [3.05, 3.63) is 99.5 Å². The maximum atomic E-state index is 14.1. The third-order valence-electron chi connectivity index (χ3n) is 7.65. The Labute approximate surface area is 258 Å². The number of hydrogen-bond acceptors (Lipinski definition) is 4. The number of halogens is 2. The van der Waals surface area contributed by atoms with E-state index < -0.39 is 28.5 Å². The zero-order chi connectivity index (χ0) is 30.3. The lowest BCUT2D eigenvalue weighted by Gasteiger charge is -2.34. The first-order valence-corrected chi connectivity index (χ1v) is 16.3. The van der Waals surface area contributed by atoms with Crippen molar-refractivity contribution < 1.29 is 18.0 Å². The van der Waals surface area contributed by atoms with Gasteiger partial charge < -0.3 is 10.2 Å². The quantitative estimate of drug-likeness (QED) is 0.281. The molecule has 0 aromatic heterocycles. The Bertz CT molecular complexity index is 1480. The lowest BCUT2D eigenvalue weighted by atomic mass is 9.94. The largest absolute Gasteiger partial charge is 0.352 e. The van der Waals surface area contributed by atoms with Crippen molar-refractivity contribution in [3.63, 3.8) is 0 Å². The molecule has 1 aliphatic carbocycles. The van der Waals surface area contributed by atoms with Gasteiger partial charge in [0.05, 0.1) is 21.5 Å². The first kappa shape index (κ1) is 32.0. The van der Waals surface area contributed by atoms with Crippen LogP contribution in [0.1, 0.15) is 48.8 Å². The van der Waals surface area contributed by atoms with Crippen molar-refractivity contribution in [2.75, 3.05) is 13.6 Å². The number of nitrogens with zero attached hydrogens (tertiary/aromatic N) is 2. The average molecular weight is 631 g/mol. The molecule has 1 unspecified atom stereocenters. The molecular formula is C32H37Cl2N3O4S. The second kappa shape index (κ2) is 14.5. The van der Waals surface area contributed by atoms with Gasteiger partial charge in [-0.1, -0.05) is 96.6 Å². The van der Waals surface area contributed by atoms with Crippen LogP contribution in [0.25, 0.3) is 0 Å². The SMILES string of the molecule is Cc1ccc(S(=O)(=O)N(C)CC(=O)N(Cc2ccc(Cl)c(Cl)c2)C(Cc2ccccc2)C(=O)NC2CCCCC2)cc1. The Balaban J connectivity index is 1.67. The molecule has 1 N–H and O–H groups in total. The summed E-state index contributed by atoms with van der Waals surface area (Å²) in [6, 6.07) is 20.2. The summed E-state index contributed by atoms with van der Waals surface area (Å²) in [6.07, 6.45) is 5.28. The van der Waals surface area contributed by atoms with E-state index in [1.165, 1.54) is 24.1 Å². The molecule has 3 aromatic carbocycles. The third kappa shape index (κ3) is 8.34. The van der Waals surface area contributed by atoms with Crippen molar-refractivity contribution in [3.8, 4) is 0 Å². The topological polar surface area (TPSA) is 86.8 Å². The number of amides is 2. The van der Waals surface area contributed by atoms with E-state index in [9.17, 15) is 18.0 Å². The van der Waals surface area contributed by atoms with Crippen LogP contribution >= 0.6 is 23.2 Å². The van der Waals surface area contributed by atoms with Crippen LogP contribution in [-0.2, 0) is 32.6 Å². The Hall–Kier alpha value is -2.91. The molecule has 0 aliphatic heterocycles. The summed E-state index contributed by atoms with van der Waals surface area (Å²) in [5.74, 6) is -0.762. The fraction of sp³-hybridized carbons (Fsp3) is 0.375. The predicted molar refractivity (Wildman–Crippen MR) is 167 cm³/mol. The van der Waals surface area contributed by atoms with Gasteiger partial charge in [-0.05, 0) is 55.2 Å². The minimum absolute atomic E-state index is 0.0380. The fourth-order valence-electron chi connectivity index (χ4n) is 5.19. The van der Waals surface area contributed by atoms with E-state index in [4.69, 9.17) is 23.2 Å². The zero-order valence-corrected chi connectivity index (χ0v) is 26.3. The molecule has 10 heteroatoms. The van der Waals surface area contributed by atoms with Crippen LogP contribution in [0.3, 0.4) is 0 Å². The molecule has 7 nitrogen and oxygen atoms in total. The fourth-order valence-corrected chi connectivity index (χ4v) is 6.63. The second-order valence-corrected chi connectivity index (χ2v) is 13.8. The van der Waals surface area contributed by atoms with E-state index in [1.807, 2.05) is 37.3 Å². The van der Waals surface area contributed by atoms with E-state index in [1.54, 1.807) is 30.3 Å². The van der Waals surface area contributed by atoms with E-state index in [2.05, 4.69) is 5.32 Å². The van der Waals surface area contributed by atoms with Crippen LogP contribution in [-0.4, -0.2) is 55.1 Å². The van der Waals surface area contributed by atoms with Crippen molar-refractivity contribution >= 4 is 45.0 Å². The standard InChI is InChI=1S/C32H37Cl2N3O4S/c1-23-13-16-27(17-14-23)42(40,41)36(2)22-31(38)37(21-25-15-18-28(33)29(34)19-25)30(20-24-9-5-3-6-10-24)32(39)35-26-11-7-4-8-12-26/h3,5-6,9-10,13-19,26,30H,4,7-8,11-12,20-22H2,1-2H3,(H,35,39). The number of rotatable bonds is 11. The van der Waals surface area contributed by atoms with Gasteiger partial charge in [0.2, 0.25) is 21.8 Å². The molecule has 4 rings (SSSR count). The Morgan fingerprint density at radius 1 is 0.905 bits per heavy atom. The number of carbonyl (C=O) groups is 2. The van der Waals surface area contributed by atoms with Gasteiger partial charge in [-0.2, -0.15) is 4.31 Å². The van der Waals surface area contributed by atoms with Crippen molar-refractivity contribution in [2.24, 2.45) is 0 Å². The van der Waals surface area contributed by atoms with E-state index in [0.29, 0.717) is 15.6 Å². The molecule has 1 aliphatic rings. The normalized spacial score (nSPS) is 14.9. The molecule has 0 heterocycles. The highest BCUT2D eigenvalue weighted by molar-refractivity contribution is 7.89. The smallest absolute Gasteiger partial charge is 0.243 e. The molecule has 3 aromatic rings. The van der Waals surface area contributed by atoms with E-state index >= 15 is 0 Å². The predicted octanol–water partition coefficient (Wildman–Crippen LogP) is 6.01. The molecule has 1 saturated carbocycles. The van der Waals surface area contributed by atoms with Gasteiger partial charge in [0, 0.05) is 26.1 Å². The van der Waals surface area contributed by atoms with Crippen LogP contribution < -0.4 is 5.32 Å². The van der Waals surface area contributed by atoms with Crippen LogP contribution in [0, 0.1) is 6.92 Å². The highest BCUT2D eigenvalue weighted by Gasteiger charge is 2.34. The number of aryl methyl sites for hydroxylation is 1. The van der Waals surface area contributed by atoms with Gasteiger partial charge in [-0.15, -0.1) is 0 Å². The van der Waals surface area contributed by atoms with Crippen LogP contribution in [0.5, 0.6) is 0 Å².